The Labute approximate surface area is 153 Å². The Kier molecular flexibility index (Phi) is 5.74. The molecule has 1 aliphatic carbocycles. The molecule has 0 aromatic carbocycles. The molecule has 5 nitrogen and oxygen atoms in total. The standard InChI is InChI=1S/C19H28F2N4O/c1-12-15(13(2)25(24-12)17(20)21)10-16(26)23-19(11-22)8-6-14(7-9-19)18(3,4)5/h14,17H,6-10H2,1-5H3,(H,23,26). The molecule has 0 atom stereocenters. The summed E-state index contributed by atoms with van der Waals surface area (Å²) < 4.78 is 26.5. The predicted molar refractivity (Wildman–Crippen MR) is 94.6 cm³/mol. The number of nitrogens with one attached hydrogen (secondary N) is 1. The van der Waals surface area contributed by atoms with Crippen LogP contribution in [0.2, 0.25) is 0 Å². The van der Waals surface area contributed by atoms with Crippen molar-refractivity contribution in [2.45, 2.75) is 78.8 Å². The van der Waals surface area contributed by atoms with Crippen LogP contribution in [0.5, 0.6) is 0 Å². The van der Waals surface area contributed by atoms with Crippen molar-refractivity contribution in [1.29, 1.82) is 5.26 Å². The summed E-state index contributed by atoms with van der Waals surface area (Å²) in [6.45, 7) is 7.00. The molecule has 0 bridgehead atoms. The van der Waals surface area contributed by atoms with Gasteiger partial charge in [0.25, 0.3) is 0 Å². The van der Waals surface area contributed by atoms with E-state index in [-0.39, 0.29) is 23.4 Å². The summed E-state index contributed by atoms with van der Waals surface area (Å²) in [5, 5.41) is 16.3. The quantitative estimate of drug-likeness (QED) is 0.874. The van der Waals surface area contributed by atoms with E-state index in [0.29, 0.717) is 34.7 Å². The maximum Gasteiger partial charge on any atom is 0.333 e. The summed E-state index contributed by atoms with van der Waals surface area (Å²) in [5.74, 6) is 0.204. The SMILES string of the molecule is Cc1nn(C(F)F)c(C)c1CC(=O)NC1(C#N)CCC(C(C)(C)C)CC1. The van der Waals surface area contributed by atoms with E-state index in [4.69, 9.17) is 0 Å². The number of amides is 1. The van der Waals surface area contributed by atoms with Crippen molar-refractivity contribution in [3.63, 3.8) is 0 Å². The summed E-state index contributed by atoms with van der Waals surface area (Å²) in [6.07, 6.45) is 2.96. The number of nitrogens with zero attached hydrogens (tertiary/aromatic N) is 3. The average Bonchev–Trinajstić information content (AvgIpc) is 2.82. The van der Waals surface area contributed by atoms with Crippen LogP contribution in [0.25, 0.3) is 0 Å². The average molecular weight is 366 g/mol. The predicted octanol–water partition coefficient (Wildman–Crippen LogP) is 4.05. The molecule has 1 saturated carbocycles. The third-order valence-electron chi connectivity index (χ3n) is 5.65. The molecule has 0 unspecified atom stereocenters. The van der Waals surface area contributed by atoms with Crippen LogP contribution in [-0.2, 0) is 11.2 Å². The highest BCUT2D eigenvalue weighted by Crippen LogP contribution is 2.41. The minimum Gasteiger partial charge on any atom is -0.338 e. The molecule has 144 valence electrons. The van der Waals surface area contributed by atoms with Gasteiger partial charge in [0.05, 0.1) is 18.2 Å². The number of aryl methyl sites for hydroxylation is 1. The van der Waals surface area contributed by atoms with E-state index in [1.165, 1.54) is 6.92 Å². The fourth-order valence-electron chi connectivity index (χ4n) is 3.86. The van der Waals surface area contributed by atoms with Gasteiger partial charge in [-0.25, -0.2) is 4.68 Å². The van der Waals surface area contributed by atoms with Gasteiger partial charge < -0.3 is 5.32 Å². The number of halogens is 2. The molecule has 26 heavy (non-hydrogen) atoms. The van der Waals surface area contributed by atoms with Crippen LogP contribution < -0.4 is 5.32 Å². The molecule has 0 spiro atoms. The van der Waals surface area contributed by atoms with E-state index in [1.807, 2.05) is 0 Å². The van der Waals surface area contributed by atoms with Crippen molar-refractivity contribution in [1.82, 2.24) is 15.1 Å². The summed E-state index contributed by atoms with van der Waals surface area (Å²) in [6, 6.07) is 2.29. The molecule has 0 saturated heterocycles. The second-order valence-corrected chi connectivity index (χ2v) is 8.43. The number of hydrogen-bond acceptors (Lipinski definition) is 3. The second kappa shape index (κ2) is 7.34. The van der Waals surface area contributed by atoms with Gasteiger partial charge in [-0.3, -0.25) is 4.79 Å². The van der Waals surface area contributed by atoms with Crippen LogP contribution in [0.4, 0.5) is 8.78 Å². The maximum atomic E-state index is 12.9. The summed E-state index contributed by atoms with van der Waals surface area (Å²) in [5.41, 5.74) is 0.526. The molecule has 0 aliphatic heterocycles. The van der Waals surface area contributed by atoms with Gasteiger partial charge in [0, 0.05) is 11.3 Å². The van der Waals surface area contributed by atoms with Crippen molar-refractivity contribution in [3.05, 3.63) is 17.0 Å². The molecule has 1 aliphatic rings. The van der Waals surface area contributed by atoms with Crippen molar-refractivity contribution in [2.75, 3.05) is 0 Å². The molecule has 7 heteroatoms. The number of rotatable bonds is 4. The molecule has 1 amide bonds. The number of alkyl halides is 2. The summed E-state index contributed by atoms with van der Waals surface area (Å²) >= 11 is 0. The van der Waals surface area contributed by atoms with Crippen LogP contribution in [-0.4, -0.2) is 21.2 Å². The van der Waals surface area contributed by atoms with Crippen molar-refractivity contribution < 1.29 is 13.6 Å². The summed E-state index contributed by atoms with van der Waals surface area (Å²) in [4.78, 5) is 12.5. The Bertz CT molecular complexity index is 704. The van der Waals surface area contributed by atoms with Crippen molar-refractivity contribution in [2.24, 2.45) is 11.3 Å². The fourth-order valence-corrected chi connectivity index (χ4v) is 3.86. The van der Waals surface area contributed by atoms with Gasteiger partial charge in [0.2, 0.25) is 5.91 Å². The molecule has 1 aromatic heterocycles. The van der Waals surface area contributed by atoms with E-state index in [0.717, 1.165) is 12.8 Å². The smallest absolute Gasteiger partial charge is 0.333 e. The van der Waals surface area contributed by atoms with Gasteiger partial charge in [-0.15, -0.1) is 0 Å². The van der Waals surface area contributed by atoms with Gasteiger partial charge in [-0.1, -0.05) is 20.8 Å². The van der Waals surface area contributed by atoms with E-state index >= 15 is 0 Å². The molecule has 2 rings (SSSR count). The number of nitriles is 1. The number of hydrogen-bond donors (Lipinski definition) is 1. The normalized spacial score (nSPS) is 23.7. The highest BCUT2D eigenvalue weighted by atomic mass is 19.3. The van der Waals surface area contributed by atoms with Crippen LogP contribution in [0.15, 0.2) is 0 Å². The monoisotopic (exact) mass is 366 g/mol. The molecule has 1 fully saturated rings. The molecular formula is C19H28F2N4O. The van der Waals surface area contributed by atoms with Crippen LogP contribution in [0, 0.1) is 36.5 Å². The highest BCUT2D eigenvalue weighted by molar-refractivity contribution is 5.80. The Morgan fingerprint density at radius 2 is 1.96 bits per heavy atom. The largest absolute Gasteiger partial charge is 0.338 e. The topological polar surface area (TPSA) is 70.7 Å². The third kappa shape index (κ3) is 4.22. The van der Waals surface area contributed by atoms with Crippen molar-refractivity contribution >= 4 is 5.91 Å². The van der Waals surface area contributed by atoms with Gasteiger partial charge >= 0.3 is 6.55 Å². The number of carbonyl (C=O) groups is 1. The Morgan fingerprint density at radius 1 is 1.38 bits per heavy atom. The number of aromatic nitrogens is 2. The first kappa shape index (κ1) is 20.3. The lowest BCUT2D eigenvalue weighted by atomic mass is 9.67. The first-order chi connectivity index (χ1) is 12.0. The van der Waals surface area contributed by atoms with Crippen LogP contribution in [0.3, 0.4) is 0 Å². The van der Waals surface area contributed by atoms with Gasteiger partial charge in [0.15, 0.2) is 0 Å². The van der Waals surface area contributed by atoms with Gasteiger partial charge in [0.1, 0.15) is 5.54 Å². The van der Waals surface area contributed by atoms with Gasteiger partial charge in [-0.2, -0.15) is 19.1 Å². The number of carbonyl (C=O) groups excluding carboxylic acids is 1. The Balaban J connectivity index is 2.07. The molecule has 0 radical (unpaired) electrons. The zero-order chi connectivity index (χ0) is 19.7. The van der Waals surface area contributed by atoms with Gasteiger partial charge in [-0.05, 0) is 50.9 Å². The first-order valence-corrected chi connectivity index (χ1v) is 9.04. The molecule has 1 aromatic rings. The highest BCUT2D eigenvalue weighted by Gasteiger charge is 2.40. The van der Waals surface area contributed by atoms with Crippen LogP contribution in [0.1, 0.15) is 70.0 Å². The van der Waals surface area contributed by atoms with E-state index < -0.39 is 12.1 Å². The Hall–Kier alpha value is -1.97. The second-order valence-electron chi connectivity index (χ2n) is 8.43. The lowest BCUT2D eigenvalue weighted by Crippen LogP contribution is -2.51. The van der Waals surface area contributed by atoms with E-state index in [2.05, 4.69) is 37.3 Å². The zero-order valence-corrected chi connectivity index (χ0v) is 16.2. The lowest BCUT2D eigenvalue weighted by molar-refractivity contribution is -0.122. The minimum absolute atomic E-state index is 0.0451. The van der Waals surface area contributed by atoms with Crippen molar-refractivity contribution in [3.8, 4) is 6.07 Å². The summed E-state index contributed by atoms with van der Waals surface area (Å²) in [7, 11) is 0. The molecule has 1 N–H and O–H groups in total. The van der Waals surface area contributed by atoms with Crippen LogP contribution >= 0.6 is 0 Å². The minimum atomic E-state index is -2.73. The molecule has 1 heterocycles. The van der Waals surface area contributed by atoms with E-state index in [9.17, 15) is 18.8 Å². The Morgan fingerprint density at radius 3 is 2.38 bits per heavy atom. The lowest BCUT2D eigenvalue weighted by Gasteiger charge is -2.40. The molecular weight excluding hydrogens is 338 g/mol. The maximum absolute atomic E-state index is 12.9. The fraction of sp³-hybridized carbons (Fsp3) is 0.737. The third-order valence-corrected chi connectivity index (χ3v) is 5.65. The zero-order valence-electron chi connectivity index (χ0n) is 16.2. The first-order valence-electron chi connectivity index (χ1n) is 9.04. The van der Waals surface area contributed by atoms with E-state index in [1.54, 1.807) is 6.92 Å².